The molecule has 4 aromatic rings. The van der Waals surface area contributed by atoms with Crippen molar-refractivity contribution in [3.05, 3.63) is 61.1 Å². The fraction of sp³-hybridized carbons (Fsp3) is 0.111. The summed E-state index contributed by atoms with van der Waals surface area (Å²) in [7, 11) is 0. The molecule has 4 rings (SSSR count). The molecule has 0 aliphatic carbocycles. The Balaban J connectivity index is 2.25. The van der Waals surface area contributed by atoms with E-state index in [0.29, 0.717) is 10.6 Å². The second-order valence-electron chi connectivity index (χ2n) is 6.25. The molecule has 0 amide bonds. The number of carbonyl (C=O) groups is 1. The van der Waals surface area contributed by atoms with E-state index in [2.05, 4.69) is 4.98 Å². The number of rotatable bonds is 3. The molecule has 0 spiro atoms. The molecule has 0 saturated carbocycles. The van der Waals surface area contributed by atoms with Crippen molar-refractivity contribution in [2.45, 2.75) is 12.7 Å². The summed E-state index contributed by atoms with van der Waals surface area (Å²) in [6.45, 7) is -0.517. The molecule has 8 nitrogen and oxygen atoms in total. The van der Waals surface area contributed by atoms with Crippen LogP contribution in [0.3, 0.4) is 0 Å². The number of H-pyrrole nitrogens is 1. The number of aromatic carboxylic acids is 1. The number of nitrogens with one attached hydrogen (secondary N) is 1. The highest BCUT2D eigenvalue weighted by atomic mass is 32.1. The first-order chi connectivity index (χ1) is 14.1. The first-order valence-corrected chi connectivity index (χ1v) is 9.14. The summed E-state index contributed by atoms with van der Waals surface area (Å²) in [5, 5.41) is 21.5. The first kappa shape index (κ1) is 19.5. The fourth-order valence-corrected chi connectivity index (χ4v) is 4.09. The summed E-state index contributed by atoms with van der Waals surface area (Å²) < 4.78 is 41.3. The molecule has 152 valence electrons. The SMILES string of the molecule is N#CCn1c(C(=O)O)c(-n2c(=O)[nH]c3cscc3c2=O)c2cc(C(F)(F)F)ccc21. The maximum absolute atomic E-state index is 13.3. The Morgan fingerprint density at radius 1 is 1.23 bits per heavy atom. The summed E-state index contributed by atoms with van der Waals surface area (Å²) in [5.41, 5.74) is -3.98. The van der Waals surface area contributed by atoms with Crippen molar-refractivity contribution in [3.8, 4) is 11.8 Å². The van der Waals surface area contributed by atoms with Gasteiger partial charge in [0, 0.05) is 16.1 Å². The minimum absolute atomic E-state index is 0.0336. The van der Waals surface area contributed by atoms with Crippen LogP contribution in [0.4, 0.5) is 13.2 Å². The summed E-state index contributed by atoms with van der Waals surface area (Å²) >= 11 is 1.12. The lowest BCUT2D eigenvalue weighted by Crippen LogP contribution is -2.34. The van der Waals surface area contributed by atoms with Crippen LogP contribution in [0.1, 0.15) is 16.1 Å². The van der Waals surface area contributed by atoms with Gasteiger partial charge in [0.25, 0.3) is 5.56 Å². The molecule has 0 saturated heterocycles. The van der Waals surface area contributed by atoms with Crippen molar-refractivity contribution < 1.29 is 23.1 Å². The maximum atomic E-state index is 13.3. The highest BCUT2D eigenvalue weighted by Crippen LogP contribution is 2.35. The summed E-state index contributed by atoms with van der Waals surface area (Å²) in [6, 6.07) is 4.15. The molecule has 0 fully saturated rings. The number of nitrogens with zero attached hydrogens (tertiary/aromatic N) is 3. The average Bonchev–Trinajstić information content (AvgIpc) is 3.24. The van der Waals surface area contributed by atoms with Crippen LogP contribution in [-0.4, -0.2) is 25.2 Å². The number of nitriles is 1. The van der Waals surface area contributed by atoms with Crippen molar-refractivity contribution >= 4 is 39.1 Å². The third kappa shape index (κ3) is 2.79. The minimum Gasteiger partial charge on any atom is -0.477 e. The van der Waals surface area contributed by atoms with E-state index >= 15 is 0 Å². The number of benzene rings is 1. The van der Waals surface area contributed by atoms with E-state index in [1.165, 1.54) is 10.8 Å². The van der Waals surface area contributed by atoms with Crippen molar-refractivity contribution in [1.82, 2.24) is 14.1 Å². The van der Waals surface area contributed by atoms with Gasteiger partial charge < -0.3 is 14.7 Å². The van der Waals surface area contributed by atoms with E-state index in [0.717, 1.165) is 28.0 Å². The standard InChI is InChI=1S/C18H9F3N4O4S/c19-18(20,21)8-1-2-12-9(5-8)13(14(16(27)28)24(12)4-3-22)25-15(26)10-6-30-7-11(10)23-17(25)29/h1-2,5-7H,4H2,(H,23,29)(H,27,28). The van der Waals surface area contributed by atoms with Crippen LogP contribution in [-0.2, 0) is 12.7 Å². The van der Waals surface area contributed by atoms with E-state index in [1.807, 2.05) is 0 Å². The third-order valence-electron chi connectivity index (χ3n) is 4.56. The van der Waals surface area contributed by atoms with Gasteiger partial charge in [-0.25, -0.2) is 14.2 Å². The topological polar surface area (TPSA) is 121 Å². The van der Waals surface area contributed by atoms with Crippen molar-refractivity contribution in [2.75, 3.05) is 0 Å². The van der Waals surface area contributed by atoms with Gasteiger partial charge >= 0.3 is 17.8 Å². The molecule has 2 N–H and O–H groups in total. The van der Waals surface area contributed by atoms with Gasteiger partial charge in [0.2, 0.25) is 0 Å². The number of hydrogen-bond donors (Lipinski definition) is 2. The fourth-order valence-electron chi connectivity index (χ4n) is 3.34. The lowest BCUT2D eigenvalue weighted by atomic mass is 10.1. The van der Waals surface area contributed by atoms with Crippen LogP contribution in [0.25, 0.3) is 27.5 Å². The highest BCUT2D eigenvalue weighted by molar-refractivity contribution is 7.09. The molecule has 0 radical (unpaired) electrons. The number of thiophene rings is 1. The van der Waals surface area contributed by atoms with Crippen molar-refractivity contribution in [3.63, 3.8) is 0 Å². The van der Waals surface area contributed by atoms with E-state index in [-0.39, 0.29) is 21.8 Å². The zero-order chi connectivity index (χ0) is 21.8. The Bertz CT molecular complexity index is 1500. The Hall–Kier alpha value is -3.85. The quantitative estimate of drug-likeness (QED) is 0.514. The Kier molecular flexibility index (Phi) is 4.28. The molecule has 1 aromatic carbocycles. The van der Waals surface area contributed by atoms with E-state index < -0.39 is 46.9 Å². The number of carboxylic acid groups (broad SMARTS) is 1. The molecular weight excluding hydrogens is 425 g/mol. The van der Waals surface area contributed by atoms with E-state index in [4.69, 9.17) is 5.26 Å². The largest absolute Gasteiger partial charge is 0.477 e. The smallest absolute Gasteiger partial charge is 0.416 e. The van der Waals surface area contributed by atoms with Crippen LogP contribution in [0.2, 0.25) is 0 Å². The number of alkyl halides is 3. The van der Waals surface area contributed by atoms with Crippen LogP contribution in [0.15, 0.2) is 38.5 Å². The lowest BCUT2D eigenvalue weighted by molar-refractivity contribution is -0.137. The minimum atomic E-state index is -4.75. The molecule has 0 aliphatic heterocycles. The number of halogens is 3. The van der Waals surface area contributed by atoms with Gasteiger partial charge in [-0.05, 0) is 18.2 Å². The van der Waals surface area contributed by atoms with E-state index in [9.17, 15) is 32.7 Å². The van der Waals surface area contributed by atoms with Gasteiger partial charge in [-0.3, -0.25) is 4.79 Å². The molecule has 0 unspecified atom stereocenters. The molecular formula is C18H9F3N4O4S. The Labute approximate surface area is 167 Å². The normalized spacial score (nSPS) is 11.8. The monoisotopic (exact) mass is 434 g/mol. The average molecular weight is 434 g/mol. The zero-order valence-corrected chi connectivity index (χ0v) is 15.5. The molecule has 0 atom stereocenters. The van der Waals surface area contributed by atoms with Gasteiger partial charge in [0.15, 0.2) is 5.69 Å². The van der Waals surface area contributed by atoms with Crippen molar-refractivity contribution in [1.29, 1.82) is 5.26 Å². The van der Waals surface area contributed by atoms with Crippen molar-refractivity contribution in [2.24, 2.45) is 0 Å². The van der Waals surface area contributed by atoms with Crippen LogP contribution in [0, 0.1) is 11.3 Å². The Morgan fingerprint density at radius 2 is 1.97 bits per heavy atom. The third-order valence-corrected chi connectivity index (χ3v) is 5.30. The first-order valence-electron chi connectivity index (χ1n) is 8.20. The molecule has 12 heteroatoms. The van der Waals surface area contributed by atoms with Gasteiger partial charge in [0.1, 0.15) is 6.54 Å². The lowest BCUT2D eigenvalue weighted by Gasteiger charge is -2.08. The van der Waals surface area contributed by atoms with Gasteiger partial charge in [-0.15, -0.1) is 11.3 Å². The van der Waals surface area contributed by atoms with Gasteiger partial charge in [-0.2, -0.15) is 18.4 Å². The summed E-state index contributed by atoms with van der Waals surface area (Å²) in [5.74, 6) is -1.61. The highest BCUT2D eigenvalue weighted by Gasteiger charge is 2.33. The molecule has 0 bridgehead atoms. The van der Waals surface area contributed by atoms with Crippen LogP contribution < -0.4 is 11.2 Å². The summed E-state index contributed by atoms with van der Waals surface area (Å²) in [6.07, 6.45) is -4.75. The number of carboxylic acids is 1. The van der Waals surface area contributed by atoms with Gasteiger partial charge in [-0.1, -0.05) is 0 Å². The number of aromatic nitrogens is 3. The zero-order valence-electron chi connectivity index (χ0n) is 14.6. The number of hydrogen-bond acceptors (Lipinski definition) is 5. The predicted octanol–water partition coefficient (Wildman–Crippen LogP) is 2.94. The summed E-state index contributed by atoms with van der Waals surface area (Å²) in [4.78, 5) is 40.0. The number of aromatic amines is 1. The van der Waals surface area contributed by atoms with Crippen LogP contribution >= 0.6 is 11.3 Å². The molecule has 3 aromatic heterocycles. The second kappa shape index (κ2) is 6.60. The number of fused-ring (bicyclic) bond motifs is 2. The van der Waals surface area contributed by atoms with Gasteiger partial charge in [0.05, 0.1) is 33.7 Å². The van der Waals surface area contributed by atoms with Crippen LogP contribution in [0.5, 0.6) is 0 Å². The molecule has 30 heavy (non-hydrogen) atoms. The predicted molar refractivity (Wildman–Crippen MR) is 101 cm³/mol. The molecule has 0 aliphatic rings. The van der Waals surface area contributed by atoms with E-state index in [1.54, 1.807) is 6.07 Å². The second-order valence-corrected chi connectivity index (χ2v) is 6.99. The maximum Gasteiger partial charge on any atom is 0.416 e. The Morgan fingerprint density at radius 3 is 2.60 bits per heavy atom. The molecule has 3 heterocycles.